The molecule has 0 radical (unpaired) electrons. The zero-order chi connectivity index (χ0) is 11.8. The van der Waals surface area contributed by atoms with Gasteiger partial charge < -0.3 is 10.2 Å². The topological polar surface area (TPSA) is 32.3 Å². The number of halogens is 1. The summed E-state index contributed by atoms with van der Waals surface area (Å²) in [6.07, 6.45) is 0. The second-order valence-electron chi connectivity index (χ2n) is 4.44. The molecule has 3 nitrogen and oxygen atoms in total. The van der Waals surface area contributed by atoms with Gasteiger partial charge in [-0.25, -0.2) is 0 Å². The van der Waals surface area contributed by atoms with Gasteiger partial charge in [-0.15, -0.1) is 0 Å². The van der Waals surface area contributed by atoms with E-state index in [2.05, 4.69) is 26.1 Å². The second kappa shape index (κ2) is 4.09. The van der Waals surface area contributed by atoms with Crippen LogP contribution in [-0.4, -0.2) is 24.5 Å². The lowest BCUT2D eigenvalue weighted by atomic mass is 9.98. The first kappa shape index (κ1) is 11.5. The molecule has 16 heavy (non-hydrogen) atoms. The van der Waals surface area contributed by atoms with Crippen molar-refractivity contribution in [1.82, 2.24) is 5.32 Å². The minimum absolute atomic E-state index is 0.0849. The molecule has 86 valence electrons. The predicted octanol–water partition coefficient (Wildman–Crippen LogP) is 2.16. The van der Waals surface area contributed by atoms with Crippen LogP contribution in [0.5, 0.6) is 0 Å². The monoisotopic (exact) mass is 282 g/mol. The Kier molecular flexibility index (Phi) is 2.93. The van der Waals surface area contributed by atoms with Gasteiger partial charge in [0.05, 0.1) is 0 Å². The third-order valence-corrected chi connectivity index (χ3v) is 3.52. The fraction of sp³-hybridized carbons (Fsp3) is 0.417. The van der Waals surface area contributed by atoms with E-state index in [0.717, 1.165) is 16.7 Å². The highest BCUT2D eigenvalue weighted by molar-refractivity contribution is 9.10. The molecule has 1 fully saturated rings. The summed E-state index contributed by atoms with van der Waals surface area (Å²) >= 11 is 3.41. The van der Waals surface area contributed by atoms with Gasteiger partial charge in [0.15, 0.2) is 0 Å². The van der Waals surface area contributed by atoms with Crippen LogP contribution in [0.3, 0.4) is 0 Å². The van der Waals surface area contributed by atoms with Crippen LogP contribution in [0.15, 0.2) is 28.7 Å². The number of anilines is 1. The molecule has 1 heterocycles. The van der Waals surface area contributed by atoms with Crippen molar-refractivity contribution in [3.05, 3.63) is 28.7 Å². The number of hydrogen-bond acceptors (Lipinski definition) is 2. The van der Waals surface area contributed by atoms with E-state index in [-0.39, 0.29) is 5.91 Å². The molecule has 0 aromatic heterocycles. The van der Waals surface area contributed by atoms with Gasteiger partial charge in [0.2, 0.25) is 5.91 Å². The average molecular weight is 283 g/mol. The Hall–Kier alpha value is -1.03. The maximum atomic E-state index is 11.8. The van der Waals surface area contributed by atoms with Crippen molar-refractivity contribution >= 4 is 27.5 Å². The molecule has 1 saturated heterocycles. The van der Waals surface area contributed by atoms with Gasteiger partial charge in [-0.05, 0) is 38.1 Å². The fourth-order valence-electron chi connectivity index (χ4n) is 1.97. The van der Waals surface area contributed by atoms with E-state index in [9.17, 15) is 4.79 Å². The van der Waals surface area contributed by atoms with Gasteiger partial charge >= 0.3 is 0 Å². The van der Waals surface area contributed by atoms with Crippen molar-refractivity contribution in [3.8, 4) is 0 Å². The van der Waals surface area contributed by atoms with E-state index >= 15 is 0 Å². The van der Waals surface area contributed by atoms with E-state index in [4.69, 9.17) is 0 Å². The summed E-state index contributed by atoms with van der Waals surface area (Å²) in [6.45, 7) is 5.45. The lowest BCUT2D eigenvalue weighted by molar-refractivity contribution is -0.126. The minimum Gasteiger partial charge on any atom is -0.356 e. The average Bonchev–Trinajstić information content (AvgIpc) is 2.24. The van der Waals surface area contributed by atoms with Gasteiger partial charge in [0.1, 0.15) is 5.54 Å². The highest BCUT2D eigenvalue weighted by atomic mass is 79.9. The first-order chi connectivity index (χ1) is 7.51. The number of carbonyl (C=O) groups excluding carboxylic acids is 1. The van der Waals surface area contributed by atoms with Crippen LogP contribution in [-0.2, 0) is 4.79 Å². The molecule has 1 aliphatic heterocycles. The summed E-state index contributed by atoms with van der Waals surface area (Å²) in [5, 5.41) is 2.89. The molecule has 1 aromatic rings. The molecule has 4 heteroatoms. The highest BCUT2D eigenvalue weighted by Gasteiger charge is 2.37. The van der Waals surface area contributed by atoms with Crippen molar-refractivity contribution in [2.24, 2.45) is 0 Å². The van der Waals surface area contributed by atoms with Gasteiger partial charge in [-0.1, -0.05) is 15.9 Å². The largest absolute Gasteiger partial charge is 0.356 e. The van der Waals surface area contributed by atoms with Crippen LogP contribution in [0.1, 0.15) is 13.8 Å². The van der Waals surface area contributed by atoms with Gasteiger partial charge in [0.25, 0.3) is 0 Å². The molecule has 1 N–H and O–H groups in total. The molecule has 2 rings (SSSR count). The number of carbonyl (C=O) groups is 1. The molecule has 1 amide bonds. The lowest BCUT2D eigenvalue weighted by Gasteiger charge is -2.42. The molecule has 0 atom stereocenters. The number of nitrogens with one attached hydrogen (secondary N) is 1. The summed E-state index contributed by atoms with van der Waals surface area (Å²) in [5.41, 5.74) is 0.606. The Morgan fingerprint density at radius 3 is 2.56 bits per heavy atom. The zero-order valence-corrected chi connectivity index (χ0v) is 11.0. The first-order valence-electron chi connectivity index (χ1n) is 5.33. The number of hydrogen-bond donors (Lipinski definition) is 1. The Balaban J connectivity index is 2.32. The van der Waals surface area contributed by atoms with Crippen LogP contribution in [0.4, 0.5) is 5.69 Å². The van der Waals surface area contributed by atoms with Crippen LogP contribution in [0, 0.1) is 0 Å². The summed E-state index contributed by atoms with van der Waals surface area (Å²) < 4.78 is 1.05. The number of benzene rings is 1. The molecule has 1 aliphatic rings. The van der Waals surface area contributed by atoms with Crippen molar-refractivity contribution in [1.29, 1.82) is 0 Å². The summed E-state index contributed by atoms with van der Waals surface area (Å²) in [7, 11) is 0. The van der Waals surface area contributed by atoms with E-state index in [1.165, 1.54) is 0 Å². The van der Waals surface area contributed by atoms with E-state index < -0.39 is 5.54 Å². The van der Waals surface area contributed by atoms with Crippen LogP contribution >= 0.6 is 15.9 Å². The van der Waals surface area contributed by atoms with Crippen molar-refractivity contribution in [2.75, 3.05) is 18.0 Å². The minimum atomic E-state index is -0.480. The van der Waals surface area contributed by atoms with Crippen molar-refractivity contribution in [3.63, 3.8) is 0 Å². The van der Waals surface area contributed by atoms with E-state index in [1.54, 1.807) is 0 Å². The zero-order valence-electron chi connectivity index (χ0n) is 9.46. The van der Waals surface area contributed by atoms with E-state index in [1.807, 2.05) is 38.1 Å². The van der Waals surface area contributed by atoms with Gasteiger partial charge in [-0.2, -0.15) is 0 Å². The predicted molar refractivity (Wildman–Crippen MR) is 68.6 cm³/mol. The van der Waals surface area contributed by atoms with Crippen molar-refractivity contribution < 1.29 is 4.79 Å². The highest BCUT2D eigenvalue weighted by Crippen LogP contribution is 2.27. The summed E-state index contributed by atoms with van der Waals surface area (Å²) in [4.78, 5) is 13.9. The summed E-state index contributed by atoms with van der Waals surface area (Å²) in [5.74, 6) is 0.0849. The molecule has 0 unspecified atom stereocenters. The SMILES string of the molecule is CC1(C)C(=O)NCCN1c1ccc(Br)cc1. The summed E-state index contributed by atoms with van der Waals surface area (Å²) in [6, 6.07) is 8.06. The number of amides is 1. The number of rotatable bonds is 1. The molecular formula is C12H15BrN2O. The molecule has 0 bridgehead atoms. The standard InChI is InChI=1S/C12H15BrN2O/c1-12(2)11(16)14-7-8-15(12)10-5-3-9(13)4-6-10/h3-6H,7-8H2,1-2H3,(H,14,16). The molecule has 0 aliphatic carbocycles. The second-order valence-corrected chi connectivity index (χ2v) is 5.36. The number of piperazine rings is 1. The van der Waals surface area contributed by atoms with Crippen LogP contribution in [0.2, 0.25) is 0 Å². The third kappa shape index (κ3) is 1.94. The molecule has 0 saturated carbocycles. The smallest absolute Gasteiger partial charge is 0.245 e. The third-order valence-electron chi connectivity index (χ3n) is 2.99. The Labute approximate surface area is 104 Å². The fourth-order valence-corrected chi connectivity index (χ4v) is 2.24. The maximum absolute atomic E-state index is 11.8. The van der Waals surface area contributed by atoms with Gasteiger partial charge in [-0.3, -0.25) is 4.79 Å². The maximum Gasteiger partial charge on any atom is 0.245 e. The Morgan fingerprint density at radius 1 is 1.31 bits per heavy atom. The molecular weight excluding hydrogens is 268 g/mol. The first-order valence-corrected chi connectivity index (χ1v) is 6.12. The van der Waals surface area contributed by atoms with Crippen LogP contribution < -0.4 is 10.2 Å². The Morgan fingerprint density at radius 2 is 1.94 bits per heavy atom. The molecule has 0 spiro atoms. The molecule has 1 aromatic carbocycles. The van der Waals surface area contributed by atoms with E-state index in [0.29, 0.717) is 6.54 Å². The van der Waals surface area contributed by atoms with Crippen molar-refractivity contribution in [2.45, 2.75) is 19.4 Å². The normalized spacial score (nSPS) is 19.4. The lowest BCUT2D eigenvalue weighted by Crippen LogP contribution is -2.62. The quantitative estimate of drug-likeness (QED) is 0.856. The Bertz CT molecular complexity index is 400. The van der Waals surface area contributed by atoms with Gasteiger partial charge in [0, 0.05) is 23.2 Å². The number of nitrogens with zero attached hydrogens (tertiary/aromatic N) is 1. The van der Waals surface area contributed by atoms with Crippen LogP contribution in [0.25, 0.3) is 0 Å².